The number of para-hydroxylation sites is 1. The minimum absolute atomic E-state index is 0.333. The number of aliphatic imine (C=N–C) groups is 1. The molecule has 10 aromatic carbocycles. The Hall–Kier alpha value is -8.47. The normalized spacial score (nSPS) is 13.5. The third-order valence-corrected chi connectivity index (χ3v) is 12.1. The summed E-state index contributed by atoms with van der Waals surface area (Å²) in [6, 6.07) is 68.5. The van der Waals surface area contributed by atoms with Crippen molar-refractivity contribution in [1.29, 1.82) is 5.41 Å². The van der Waals surface area contributed by atoms with Gasteiger partial charge in [0.05, 0.1) is 17.1 Å². The van der Waals surface area contributed by atoms with Gasteiger partial charge in [0.2, 0.25) is 0 Å². The Morgan fingerprint density at radius 3 is 1.71 bits per heavy atom. The van der Waals surface area contributed by atoms with Crippen LogP contribution in [0.15, 0.2) is 229 Å². The van der Waals surface area contributed by atoms with Crippen molar-refractivity contribution in [2.45, 2.75) is 0 Å². The third-order valence-electron chi connectivity index (χ3n) is 12.1. The van der Waals surface area contributed by atoms with Crippen LogP contribution in [0, 0.1) is 5.41 Å². The number of allylic oxidation sites excluding steroid dienone is 5. The van der Waals surface area contributed by atoms with Crippen LogP contribution in [-0.4, -0.2) is 17.6 Å². The van der Waals surface area contributed by atoms with Gasteiger partial charge in [-0.25, -0.2) is 0 Å². The molecular formula is C59H40N4. The maximum atomic E-state index is 8.92. The number of nitrogens with zero attached hydrogens (tertiary/aromatic N) is 2. The Morgan fingerprint density at radius 2 is 1.03 bits per heavy atom. The molecule has 10 aromatic rings. The highest BCUT2D eigenvalue weighted by Gasteiger charge is 2.20. The second kappa shape index (κ2) is 15.9. The lowest BCUT2D eigenvalue weighted by atomic mass is 9.84. The molecular weight excluding hydrogens is 765 g/mol. The topological polar surface area (TPSA) is 60.6 Å². The Labute approximate surface area is 365 Å². The van der Waals surface area contributed by atoms with Crippen molar-refractivity contribution >= 4 is 94.0 Å². The standard InChI is InChI=1S/C59H40N4/c1-38(37-61-47-17-3-2-4-18-47)48-30-32-56(50-20-10-9-19-49(48)50)62-63-57-36-44(28-31-55(57)60)43-27-29-53-54(35-43)59(46-26-24-40-14-6-8-16-42(40)34-46)52-22-12-11-21-51(52)58(53)45-25-23-39-13-5-7-15-41(39)33-45/h2-37,60,62H,1H2/b60-55?,61-37?,63-57-. The van der Waals surface area contributed by atoms with Crippen LogP contribution < -0.4 is 5.43 Å². The molecule has 1 aliphatic rings. The molecule has 0 aliphatic heterocycles. The molecule has 0 saturated heterocycles. The predicted molar refractivity (Wildman–Crippen MR) is 271 cm³/mol. The van der Waals surface area contributed by atoms with E-state index in [1.807, 2.05) is 73.0 Å². The van der Waals surface area contributed by atoms with E-state index >= 15 is 0 Å². The van der Waals surface area contributed by atoms with E-state index in [2.05, 4.69) is 163 Å². The molecule has 63 heavy (non-hydrogen) atoms. The molecule has 0 aromatic heterocycles. The number of hydrogen-bond acceptors (Lipinski definition) is 4. The second-order valence-corrected chi connectivity index (χ2v) is 16.0. The molecule has 0 saturated carbocycles. The van der Waals surface area contributed by atoms with Crippen molar-refractivity contribution in [3.8, 4) is 22.3 Å². The largest absolute Gasteiger partial charge is 0.299 e. The highest BCUT2D eigenvalue weighted by Crippen LogP contribution is 2.45. The summed E-state index contributed by atoms with van der Waals surface area (Å²) in [7, 11) is 0. The van der Waals surface area contributed by atoms with Gasteiger partial charge in [-0.05, 0) is 142 Å². The van der Waals surface area contributed by atoms with Gasteiger partial charge in [0.1, 0.15) is 5.71 Å². The lowest BCUT2D eigenvalue weighted by Crippen LogP contribution is -2.13. The van der Waals surface area contributed by atoms with Gasteiger partial charge in [-0.15, -0.1) is 0 Å². The monoisotopic (exact) mass is 804 g/mol. The Balaban J connectivity index is 1.02. The summed E-state index contributed by atoms with van der Waals surface area (Å²) in [6.45, 7) is 4.34. The molecule has 0 amide bonds. The minimum Gasteiger partial charge on any atom is -0.299 e. The summed E-state index contributed by atoms with van der Waals surface area (Å²) in [5, 5.41) is 25.4. The first kappa shape index (κ1) is 37.5. The van der Waals surface area contributed by atoms with Crippen molar-refractivity contribution in [3.63, 3.8) is 0 Å². The molecule has 0 heterocycles. The maximum absolute atomic E-state index is 8.92. The van der Waals surface area contributed by atoms with E-state index in [-0.39, 0.29) is 0 Å². The Bertz CT molecular complexity index is 3630. The van der Waals surface area contributed by atoms with Gasteiger partial charge in [-0.2, -0.15) is 5.10 Å². The van der Waals surface area contributed by atoms with Crippen LogP contribution in [0.2, 0.25) is 0 Å². The first-order valence-electron chi connectivity index (χ1n) is 21.2. The minimum atomic E-state index is 0.333. The molecule has 0 fully saturated rings. The fourth-order valence-electron chi connectivity index (χ4n) is 9.01. The van der Waals surface area contributed by atoms with Crippen LogP contribution in [0.3, 0.4) is 0 Å². The van der Waals surface area contributed by atoms with Gasteiger partial charge >= 0.3 is 0 Å². The first-order valence-corrected chi connectivity index (χ1v) is 21.2. The first-order chi connectivity index (χ1) is 31.1. The smallest absolute Gasteiger partial charge is 0.109 e. The highest BCUT2D eigenvalue weighted by atomic mass is 15.3. The van der Waals surface area contributed by atoms with Crippen molar-refractivity contribution in [2.24, 2.45) is 10.1 Å². The van der Waals surface area contributed by atoms with E-state index in [0.717, 1.165) is 49.8 Å². The predicted octanol–water partition coefficient (Wildman–Crippen LogP) is 15.6. The van der Waals surface area contributed by atoms with E-state index in [1.165, 1.54) is 60.0 Å². The number of anilines is 1. The van der Waals surface area contributed by atoms with Gasteiger partial charge < -0.3 is 0 Å². The lowest BCUT2D eigenvalue weighted by molar-refractivity contribution is 1.35. The number of rotatable bonds is 8. The van der Waals surface area contributed by atoms with Gasteiger partial charge in [0, 0.05) is 11.6 Å². The summed E-state index contributed by atoms with van der Waals surface area (Å²) in [6.07, 6.45) is 7.69. The summed E-state index contributed by atoms with van der Waals surface area (Å²) in [5.41, 5.74) is 14.5. The molecule has 2 N–H and O–H groups in total. The van der Waals surface area contributed by atoms with Gasteiger partial charge in [-0.1, -0.05) is 170 Å². The van der Waals surface area contributed by atoms with Crippen LogP contribution in [0.1, 0.15) is 11.1 Å². The number of fused-ring (bicyclic) bond motifs is 5. The molecule has 1 aliphatic carbocycles. The molecule has 0 unspecified atom stereocenters. The zero-order valence-electron chi connectivity index (χ0n) is 34.4. The molecule has 296 valence electrons. The zero-order chi connectivity index (χ0) is 42.3. The van der Waals surface area contributed by atoms with Crippen molar-refractivity contribution < 1.29 is 0 Å². The van der Waals surface area contributed by atoms with Gasteiger partial charge in [-0.3, -0.25) is 15.8 Å². The van der Waals surface area contributed by atoms with Crippen molar-refractivity contribution in [3.05, 3.63) is 230 Å². The molecule has 4 nitrogen and oxygen atoms in total. The van der Waals surface area contributed by atoms with E-state index < -0.39 is 0 Å². The summed E-state index contributed by atoms with van der Waals surface area (Å²) < 4.78 is 0. The molecule has 4 heteroatoms. The third kappa shape index (κ3) is 7.00. The quantitative estimate of drug-likeness (QED) is 0.0683. The van der Waals surface area contributed by atoms with Crippen LogP contribution in [0.5, 0.6) is 0 Å². The zero-order valence-corrected chi connectivity index (χ0v) is 34.4. The Kier molecular flexibility index (Phi) is 9.44. The van der Waals surface area contributed by atoms with Crippen molar-refractivity contribution in [2.75, 3.05) is 5.43 Å². The van der Waals surface area contributed by atoms with E-state index in [4.69, 9.17) is 10.5 Å². The molecule has 11 rings (SSSR count). The fourth-order valence-corrected chi connectivity index (χ4v) is 9.01. The number of hydrogen-bond donors (Lipinski definition) is 2. The SMILES string of the molecule is C=C(C=Nc1ccccc1)c1ccc(N/N=C2/C=C(c3ccc4c(-c5ccc6ccccc6c5)c5ccccc5c(-c5ccc6ccccc6c5)c4c3)C=CC2=N)c2ccccc12. The second-order valence-electron chi connectivity index (χ2n) is 16.0. The number of nitrogens with one attached hydrogen (secondary N) is 2. The maximum Gasteiger partial charge on any atom is 0.109 e. The van der Waals surface area contributed by atoms with E-state index in [9.17, 15) is 0 Å². The van der Waals surface area contributed by atoms with Gasteiger partial charge in [0.15, 0.2) is 0 Å². The van der Waals surface area contributed by atoms with E-state index in [1.54, 1.807) is 0 Å². The van der Waals surface area contributed by atoms with Crippen LogP contribution in [0.4, 0.5) is 11.4 Å². The van der Waals surface area contributed by atoms with Crippen LogP contribution in [-0.2, 0) is 0 Å². The molecule has 0 atom stereocenters. The molecule has 0 spiro atoms. The fraction of sp³-hybridized carbons (Fsp3) is 0. The van der Waals surface area contributed by atoms with Crippen LogP contribution >= 0.6 is 0 Å². The summed E-state index contributed by atoms with van der Waals surface area (Å²) >= 11 is 0. The summed E-state index contributed by atoms with van der Waals surface area (Å²) in [4.78, 5) is 4.64. The van der Waals surface area contributed by atoms with Crippen molar-refractivity contribution in [1.82, 2.24) is 0 Å². The Morgan fingerprint density at radius 1 is 0.476 bits per heavy atom. The summed E-state index contributed by atoms with van der Waals surface area (Å²) in [5.74, 6) is 0. The van der Waals surface area contributed by atoms with E-state index in [0.29, 0.717) is 11.4 Å². The highest BCUT2D eigenvalue weighted by molar-refractivity contribution is 6.51. The van der Waals surface area contributed by atoms with Gasteiger partial charge in [0.25, 0.3) is 0 Å². The lowest BCUT2D eigenvalue weighted by Gasteiger charge is -2.20. The molecule has 0 radical (unpaired) electrons. The molecule has 0 bridgehead atoms. The number of hydrazone groups is 1. The average Bonchev–Trinajstić information content (AvgIpc) is 3.34. The number of benzene rings is 10. The van der Waals surface area contributed by atoms with Crippen LogP contribution in [0.25, 0.3) is 87.3 Å². The average molecular weight is 805 g/mol.